The Morgan fingerprint density at radius 3 is 2.80 bits per heavy atom. The van der Waals surface area contributed by atoms with Crippen molar-refractivity contribution in [2.75, 3.05) is 5.32 Å². The Morgan fingerprint density at radius 1 is 1.40 bits per heavy atom. The van der Waals surface area contributed by atoms with Gasteiger partial charge in [-0.25, -0.2) is 14.4 Å². The molecule has 0 fully saturated rings. The van der Waals surface area contributed by atoms with Crippen molar-refractivity contribution >= 4 is 11.7 Å². The molecule has 0 saturated carbocycles. The van der Waals surface area contributed by atoms with Crippen LogP contribution in [0, 0.1) is 17.1 Å². The molecule has 6 heteroatoms. The van der Waals surface area contributed by atoms with Gasteiger partial charge in [0.1, 0.15) is 23.4 Å². The van der Waals surface area contributed by atoms with E-state index >= 15 is 0 Å². The molecule has 0 aliphatic rings. The number of carbonyl (C=O) groups is 1. The lowest BCUT2D eigenvalue weighted by molar-refractivity contribution is 0.102. The van der Waals surface area contributed by atoms with E-state index in [9.17, 15) is 9.18 Å². The fourth-order valence-corrected chi connectivity index (χ4v) is 1.58. The van der Waals surface area contributed by atoms with E-state index in [1.54, 1.807) is 6.92 Å². The molecule has 0 aromatic carbocycles. The first-order valence-corrected chi connectivity index (χ1v) is 5.97. The van der Waals surface area contributed by atoms with Crippen LogP contribution in [0.25, 0.3) is 0 Å². The van der Waals surface area contributed by atoms with Gasteiger partial charge in [0.05, 0.1) is 11.3 Å². The van der Waals surface area contributed by atoms with Crippen molar-refractivity contribution < 1.29 is 9.18 Å². The first-order valence-electron chi connectivity index (χ1n) is 5.97. The van der Waals surface area contributed by atoms with Crippen molar-refractivity contribution in [3.63, 3.8) is 0 Å². The molecule has 2 aromatic rings. The van der Waals surface area contributed by atoms with Gasteiger partial charge in [-0.15, -0.1) is 0 Å². The van der Waals surface area contributed by atoms with Crippen LogP contribution in [0.1, 0.15) is 28.7 Å². The monoisotopic (exact) mass is 270 g/mol. The molecular weight excluding hydrogens is 259 g/mol. The Bertz CT molecular complexity index is 677. The molecule has 2 heterocycles. The summed E-state index contributed by atoms with van der Waals surface area (Å²) in [6, 6.07) is 7.50. The van der Waals surface area contributed by atoms with Gasteiger partial charge < -0.3 is 5.32 Å². The van der Waals surface area contributed by atoms with Gasteiger partial charge in [-0.1, -0.05) is 6.92 Å². The first kappa shape index (κ1) is 13.6. The Balaban J connectivity index is 2.16. The predicted octanol–water partition coefficient (Wildman–Crippen LogP) is 2.30. The quantitative estimate of drug-likeness (QED) is 0.928. The number of hydrogen-bond donors (Lipinski definition) is 1. The molecule has 0 aliphatic carbocycles. The lowest BCUT2D eigenvalue weighted by Gasteiger charge is -2.06. The fourth-order valence-electron chi connectivity index (χ4n) is 1.58. The molecule has 0 atom stereocenters. The third-order valence-corrected chi connectivity index (χ3v) is 2.62. The SMILES string of the molecule is CCc1nc(NC(=O)c2ccc(C#N)cn2)ccc1F. The first-order chi connectivity index (χ1) is 9.63. The standard InChI is InChI=1S/C14H11FN4O/c1-2-11-10(15)4-6-13(18-11)19-14(20)12-5-3-9(7-16)8-17-12/h3-6,8H,2H2,1H3,(H,18,19,20). The second-order valence-electron chi connectivity index (χ2n) is 3.98. The normalized spacial score (nSPS) is 9.85. The van der Waals surface area contributed by atoms with Crippen LogP contribution in [0.2, 0.25) is 0 Å². The third-order valence-electron chi connectivity index (χ3n) is 2.62. The number of pyridine rings is 2. The zero-order chi connectivity index (χ0) is 14.5. The van der Waals surface area contributed by atoms with E-state index in [-0.39, 0.29) is 17.2 Å². The maximum absolute atomic E-state index is 13.3. The lowest BCUT2D eigenvalue weighted by Crippen LogP contribution is -2.15. The van der Waals surface area contributed by atoms with E-state index in [0.717, 1.165) is 0 Å². The summed E-state index contributed by atoms with van der Waals surface area (Å²) in [6.45, 7) is 1.78. The Morgan fingerprint density at radius 2 is 2.20 bits per heavy atom. The van der Waals surface area contributed by atoms with Gasteiger partial charge in [0.15, 0.2) is 0 Å². The molecule has 0 unspecified atom stereocenters. The van der Waals surface area contributed by atoms with Crippen molar-refractivity contribution in [1.82, 2.24) is 9.97 Å². The highest BCUT2D eigenvalue weighted by Crippen LogP contribution is 2.11. The van der Waals surface area contributed by atoms with E-state index in [4.69, 9.17) is 5.26 Å². The Labute approximate surface area is 115 Å². The minimum atomic E-state index is -0.462. The number of nitrogens with zero attached hydrogens (tertiary/aromatic N) is 3. The molecule has 2 aromatic heterocycles. The summed E-state index contributed by atoms with van der Waals surface area (Å²) in [7, 11) is 0. The molecule has 2 rings (SSSR count). The number of aryl methyl sites for hydroxylation is 1. The second-order valence-corrected chi connectivity index (χ2v) is 3.98. The molecular formula is C14H11FN4O. The molecule has 0 saturated heterocycles. The van der Waals surface area contributed by atoms with Crippen LogP contribution in [0.15, 0.2) is 30.5 Å². The summed E-state index contributed by atoms with van der Waals surface area (Å²) >= 11 is 0. The summed E-state index contributed by atoms with van der Waals surface area (Å²) in [4.78, 5) is 19.8. The average molecular weight is 270 g/mol. The van der Waals surface area contributed by atoms with Gasteiger partial charge >= 0.3 is 0 Å². The lowest BCUT2D eigenvalue weighted by atomic mass is 10.2. The minimum absolute atomic E-state index is 0.160. The topological polar surface area (TPSA) is 78.7 Å². The Kier molecular flexibility index (Phi) is 4.01. The van der Waals surface area contributed by atoms with Crippen LogP contribution in [-0.2, 0) is 6.42 Å². The van der Waals surface area contributed by atoms with Crippen LogP contribution >= 0.6 is 0 Å². The molecule has 1 amide bonds. The molecule has 20 heavy (non-hydrogen) atoms. The largest absolute Gasteiger partial charge is 0.305 e. The molecule has 0 bridgehead atoms. The van der Waals surface area contributed by atoms with Gasteiger partial charge in [-0.2, -0.15) is 5.26 Å². The summed E-state index contributed by atoms with van der Waals surface area (Å²) in [5.74, 6) is -0.600. The van der Waals surface area contributed by atoms with Gasteiger partial charge in [0.25, 0.3) is 5.91 Å². The number of anilines is 1. The highest BCUT2D eigenvalue weighted by atomic mass is 19.1. The molecule has 0 radical (unpaired) electrons. The van der Waals surface area contributed by atoms with E-state index in [1.165, 1.54) is 30.5 Å². The Hall–Kier alpha value is -2.81. The summed E-state index contributed by atoms with van der Waals surface area (Å²) in [6.07, 6.45) is 1.75. The number of amides is 1. The molecule has 1 N–H and O–H groups in total. The number of halogens is 1. The van der Waals surface area contributed by atoms with Crippen molar-refractivity contribution in [2.45, 2.75) is 13.3 Å². The van der Waals surface area contributed by atoms with E-state index in [1.807, 2.05) is 6.07 Å². The number of carbonyl (C=O) groups excluding carboxylic acids is 1. The highest BCUT2D eigenvalue weighted by molar-refractivity contribution is 6.02. The number of nitriles is 1. The van der Waals surface area contributed by atoms with Gasteiger partial charge in [-0.3, -0.25) is 4.79 Å². The summed E-state index contributed by atoms with van der Waals surface area (Å²) in [5.41, 5.74) is 0.818. The molecule has 100 valence electrons. The number of hydrogen-bond acceptors (Lipinski definition) is 4. The summed E-state index contributed by atoms with van der Waals surface area (Å²) in [5, 5.41) is 11.2. The minimum Gasteiger partial charge on any atom is -0.305 e. The van der Waals surface area contributed by atoms with Gasteiger partial charge in [0, 0.05) is 6.20 Å². The number of nitrogens with one attached hydrogen (secondary N) is 1. The molecule has 5 nitrogen and oxygen atoms in total. The van der Waals surface area contributed by atoms with Crippen LogP contribution in [0.4, 0.5) is 10.2 Å². The van der Waals surface area contributed by atoms with E-state index in [2.05, 4.69) is 15.3 Å². The van der Waals surface area contributed by atoms with Gasteiger partial charge in [-0.05, 0) is 30.7 Å². The zero-order valence-electron chi connectivity index (χ0n) is 10.7. The number of rotatable bonds is 3. The summed E-state index contributed by atoms with van der Waals surface area (Å²) < 4.78 is 13.3. The number of aromatic nitrogens is 2. The van der Waals surface area contributed by atoms with E-state index in [0.29, 0.717) is 12.0 Å². The molecule has 0 spiro atoms. The van der Waals surface area contributed by atoms with Gasteiger partial charge in [0.2, 0.25) is 0 Å². The maximum Gasteiger partial charge on any atom is 0.275 e. The van der Waals surface area contributed by atoms with Crippen molar-refractivity contribution in [3.8, 4) is 6.07 Å². The van der Waals surface area contributed by atoms with Crippen LogP contribution in [-0.4, -0.2) is 15.9 Å². The van der Waals surface area contributed by atoms with Crippen molar-refractivity contribution in [2.24, 2.45) is 0 Å². The second kappa shape index (κ2) is 5.89. The molecule has 0 aliphatic heterocycles. The maximum atomic E-state index is 13.3. The fraction of sp³-hybridized carbons (Fsp3) is 0.143. The van der Waals surface area contributed by atoms with Crippen LogP contribution in [0.5, 0.6) is 0 Å². The zero-order valence-corrected chi connectivity index (χ0v) is 10.7. The highest BCUT2D eigenvalue weighted by Gasteiger charge is 2.10. The van der Waals surface area contributed by atoms with Crippen molar-refractivity contribution in [1.29, 1.82) is 5.26 Å². The third kappa shape index (κ3) is 2.95. The van der Waals surface area contributed by atoms with E-state index < -0.39 is 11.7 Å². The van der Waals surface area contributed by atoms with Crippen molar-refractivity contribution in [3.05, 3.63) is 53.2 Å². The van der Waals surface area contributed by atoms with Crippen LogP contribution < -0.4 is 5.32 Å². The average Bonchev–Trinajstić information content (AvgIpc) is 2.49. The van der Waals surface area contributed by atoms with Crippen LogP contribution in [0.3, 0.4) is 0 Å². The predicted molar refractivity (Wildman–Crippen MR) is 70.5 cm³/mol. The smallest absolute Gasteiger partial charge is 0.275 e.